The third kappa shape index (κ3) is 5.18. The molecule has 10 heteroatoms. The van der Waals surface area contributed by atoms with E-state index >= 15 is 0 Å². The molecule has 2 aromatic carbocycles. The number of carbonyl (C=O) groups is 2. The molecule has 0 aromatic heterocycles. The molecule has 0 saturated carbocycles. The monoisotopic (exact) mass is 580 g/mol. The molecule has 162 valence electrons. The highest BCUT2D eigenvalue weighted by molar-refractivity contribution is 14.2. The number of benzene rings is 2. The van der Waals surface area contributed by atoms with Gasteiger partial charge in [-0.05, 0) is 69.7 Å². The van der Waals surface area contributed by atoms with Crippen LogP contribution in [0, 0.1) is 0 Å². The number of hydrogen-bond donors (Lipinski definition) is 2. The van der Waals surface area contributed by atoms with E-state index in [1.807, 2.05) is 22.3 Å². The molecular weight excluding hydrogens is 565 g/mol. The molecule has 0 aliphatic carbocycles. The van der Waals surface area contributed by atoms with Gasteiger partial charge in [-0.25, -0.2) is 9.79 Å². The molecule has 2 aliphatic rings. The second-order valence-corrected chi connectivity index (χ2v) is 11.3. The van der Waals surface area contributed by atoms with Gasteiger partial charge in [-0.3, -0.25) is 4.79 Å². The maximum atomic E-state index is 12.9. The van der Waals surface area contributed by atoms with E-state index < -0.39 is 11.9 Å². The molecule has 7 nitrogen and oxygen atoms in total. The summed E-state index contributed by atoms with van der Waals surface area (Å²) in [5.74, 6) is -0.773. The van der Waals surface area contributed by atoms with Crippen molar-refractivity contribution in [2.75, 3.05) is 0 Å². The van der Waals surface area contributed by atoms with Crippen LogP contribution in [-0.2, 0) is 4.79 Å². The lowest BCUT2D eigenvalue weighted by atomic mass is 10.1. The van der Waals surface area contributed by atoms with Crippen LogP contribution < -0.4 is 14.7 Å². The number of ether oxygens (including phenoxy) is 1. The van der Waals surface area contributed by atoms with E-state index in [0.717, 1.165) is 16.2 Å². The SMILES string of the molecule is C[C@H](NC(=O)C1=CC(Cl)=[N+]=C1Oc1cccc(C2=NC=IS2)c1)c1ccc(C(=O)O)cc1. The van der Waals surface area contributed by atoms with Crippen molar-refractivity contribution in [1.82, 2.24) is 9.98 Å². The van der Waals surface area contributed by atoms with Crippen LogP contribution in [0.1, 0.15) is 34.5 Å². The Hall–Kier alpha value is -2.72. The van der Waals surface area contributed by atoms with Crippen LogP contribution in [0.4, 0.5) is 0 Å². The van der Waals surface area contributed by atoms with E-state index in [2.05, 4.69) is 15.0 Å². The lowest BCUT2D eigenvalue weighted by Crippen LogP contribution is -2.32. The Morgan fingerprint density at radius 3 is 2.72 bits per heavy atom. The summed E-state index contributed by atoms with van der Waals surface area (Å²) in [7, 11) is 1.75. The molecular formula is C22H16ClIN3O4S+. The van der Waals surface area contributed by atoms with Crippen molar-refractivity contribution in [2.45, 2.75) is 13.0 Å². The number of nitrogens with zero attached hydrogens (tertiary/aromatic N) is 2. The normalized spacial score (nSPS) is 15.7. The minimum Gasteiger partial charge on any atom is -0.478 e. The van der Waals surface area contributed by atoms with Crippen molar-refractivity contribution < 1.29 is 19.4 Å². The molecule has 0 bridgehead atoms. The Balaban J connectivity index is 1.46. The highest BCUT2D eigenvalue weighted by atomic mass is 127. The summed E-state index contributed by atoms with van der Waals surface area (Å²) in [6.45, 7) is 1.80. The molecule has 0 saturated heterocycles. The Bertz CT molecular complexity index is 1260. The third-order valence-corrected chi connectivity index (χ3v) is 8.40. The highest BCUT2D eigenvalue weighted by Gasteiger charge is 2.35. The Morgan fingerprint density at radius 2 is 2.03 bits per heavy atom. The number of hydrogen-bond acceptors (Lipinski definition) is 5. The van der Waals surface area contributed by atoms with Gasteiger partial charge in [0.25, 0.3) is 5.91 Å². The molecule has 0 spiro atoms. The number of aliphatic imine (C=N–C) groups is 1. The minimum absolute atomic E-state index is 0.0921. The van der Waals surface area contributed by atoms with Gasteiger partial charge in [0, 0.05) is 17.2 Å². The van der Waals surface area contributed by atoms with Crippen molar-refractivity contribution in [3.05, 3.63) is 76.9 Å². The fourth-order valence-corrected chi connectivity index (χ4v) is 6.59. The van der Waals surface area contributed by atoms with Crippen LogP contribution in [0.25, 0.3) is 0 Å². The van der Waals surface area contributed by atoms with Crippen LogP contribution in [0.3, 0.4) is 0 Å². The molecule has 0 unspecified atom stereocenters. The van der Waals surface area contributed by atoms with Gasteiger partial charge in [-0.1, -0.05) is 24.3 Å². The smallest absolute Gasteiger partial charge is 0.478 e. The average molecular weight is 581 g/mol. The maximum absolute atomic E-state index is 12.9. The van der Waals surface area contributed by atoms with Gasteiger partial charge in [0.05, 0.1) is 21.8 Å². The van der Waals surface area contributed by atoms with Crippen molar-refractivity contribution in [3.8, 4) is 5.75 Å². The predicted molar refractivity (Wildman–Crippen MR) is 137 cm³/mol. The Morgan fingerprint density at radius 1 is 1.25 bits per heavy atom. The molecule has 2 N–H and O–H groups in total. The fourth-order valence-electron chi connectivity index (χ4n) is 2.95. The van der Waals surface area contributed by atoms with Crippen LogP contribution >= 0.6 is 39.9 Å². The predicted octanol–water partition coefficient (Wildman–Crippen LogP) is 3.82. The highest BCUT2D eigenvalue weighted by Crippen LogP contribution is 2.31. The zero-order valence-electron chi connectivity index (χ0n) is 16.6. The first-order chi connectivity index (χ1) is 15.4. The molecule has 1 amide bonds. The van der Waals surface area contributed by atoms with Gasteiger partial charge in [-0.2, -0.15) is 0 Å². The number of halogens is 2. The molecule has 2 heterocycles. The number of carboxylic acids is 1. The Kier molecular flexibility index (Phi) is 6.90. The maximum Gasteiger partial charge on any atom is 0.508 e. The van der Waals surface area contributed by atoms with Crippen molar-refractivity contribution in [2.24, 2.45) is 4.99 Å². The van der Waals surface area contributed by atoms with Gasteiger partial charge in [-0.15, -0.1) is 0 Å². The van der Waals surface area contributed by atoms with Crippen molar-refractivity contribution in [3.63, 3.8) is 0 Å². The first-order valence-corrected chi connectivity index (χ1v) is 14.3. The zero-order chi connectivity index (χ0) is 22.7. The van der Waals surface area contributed by atoms with Crippen molar-refractivity contribution >= 4 is 72.0 Å². The number of carbonyl (C=O) groups excluding carboxylic acids is 1. The number of rotatable bonds is 6. The van der Waals surface area contributed by atoms with Crippen molar-refractivity contribution in [1.29, 1.82) is 0 Å². The standard InChI is InChI=1S/C22H15ClIN3O4S/c1-12(13-5-7-14(8-6-13)22(29)30)26-19(28)17-10-18(23)27-20(17)31-16-4-2-3-15(9-16)21-25-11-24-32-21/h2-12H,1H3,(H-,26,28,29,30)/p+1/t12-/m0/s1. The summed E-state index contributed by atoms with van der Waals surface area (Å²) >= 11 is 5.97. The number of amides is 1. The molecule has 4 rings (SSSR count). The summed E-state index contributed by atoms with van der Waals surface area (Å²) in [5, 5.41) is 13.0. The summed E-state index contributed by atoms with van der Waals surface area (Å²) < 4.78 is 12.0. The number of allylic oxidation sites excluding steroid dienone is 1. The topological polar surface area (TPSA) is 102 Å². The lowest BCUT2D eigenvalue weighted by Gasteiger charge is -2.14. The van der Waals surface area contributed by atoms with Gasteiger partial charge < -0.3 is 15.2 Å². The van der Waals surface area contributed by atoms with E-state index in [9.17, 15) is 9.59 Å². The van der Waals surface area contributed by atoms with Gasteiger partial charge in [0.1, 0.15) is 10.8 Å². The van der Waals surface area contributed by atoms with Crippen LogP contribution in [0.2, 0.25) is 0 Å². The molecule has 2 aromatic rings. The average Bonchev–Trinajstić information content (AvgIpc) is 3.44. The van der Waals surface area contributed by atoms with E-state index in [0.29, 0.717) is 5.75 Å². The Labute approximate surface area is 201 Å². The first-order valence-electron chi connectivity index (χ1n) is 9.36. The molecule has 2 aliphatic heterocycles. The molecule has 0 radical (unpaired) electrons. The van der Waals surface area contributed by atoms with E-state index in [1.165, 1.54) is 18.2 Å². The number of aromatic carboxylic acids is 1. The minimum atomic E-state index is -1.00. The molecule has 0 fully saturated rings. The number of nitrogens with one attached hydrogen (secondary N) is 1. The van der Waals surface area contributed by atoms with E-state index in [-0.39, 0.29) is 47.6 Å². The second-order valence-electron chi connectivity index (χ2n) is 6.75. The summed E-state index contributed by atoms with van der Waals surface area (Å²) in [5.41, 5.74) is 2.10. The van der Waals surface area contributed by atoms with E-state index in [4.69, 9.17) is 21.4 Å². The molecule has 1 atom stereocenters. The molecule has 32 heavy (non-hydrogen) atoms. The van der Waals surface area contributed by atoms with Crippen LogP contribution in [0.15, 0.2) is 65.2 Å². The first kappa shape index (κ1) is 22.5. The van der Waals surface area contributed by atoms with Gasteiger partial charge in [0.15, 0.2) is 5.57 Å². The van der Waals surface area contributed by atoms with Crippen LogP contribution in [0.5, 0.6) is 5.75 Å². The van der Waals surface area contributed by atoms with E-state index in [1.54, 1.807) is 34.1 Å². The summed E-state index contributed by atoms with van der Waals surface area (Å²) in [6.07, 6.45) is 1.45. The van der Waals surface area contributed by atoms with Crippen LogP contribution in [-0.4, -0.2) is 37.2 Å². The fraction of sp³-hybridized carbons (Fsp3) is 0.0909. The quantitative estimate of drug-likeness (QED) is 0.400. The number of carboxylic acid groups (broad SMARTS) is 1. The van der Waals surface area contributed by atoms with Gasteiger partial charge >= 0.3 is 17.0 Å². The summed E-state index contributed by atoms with van der Waals surface area (Å²) in [4.78, 5) is 28.3. The zero-order valence-corrected chi connectivity index (χ0v) is 20.3. The second kappa shape index (κ2) is 9.83. The lowest BCUT2D eigenvalue weighted by molar-refractivity contribution is -0.117. The third-order valence-electron chi connectivity index (χ3n) is 4.57. The summed E-state index contributed by atoms with van der Waals surface area (Å²) in [6, 6.07) is 13.4. The largest absolute Gasteiger partial charge is 0.508 e. The van der Waals surface area contributed by atoms with Gasteiger partial charge in [0.2, 0.25) is 0 Å².